The Bertz CT molecular complexity index is 538. The Morgan fingerprint density at radius 2 is 1.89 bits per heavy atom. The second kappa shape index (κ2) is 6.13. The number of halogens is 1. The minimum absolute atomic E-state index is 0.0566. The molecule has 0 bridgehead atoms. The first-order valence-electron chi connectivity index (χ1n) is 6.57. The quantitative estimate of drug-likeness (QED) is 0.865. The molecule has 0 aliphatic heterocycles. The van der Waals surface area contributed by atoms with Gasteiger partial charge in [0.15, 0.2) is 5.67 Å². The Hall–Kier alpha value is -1.45. The Morgan fingerprint density at radius 3 is 2.63 bits per heavy atom. The molecule has 1 unspecified atom stereocenters. The molecule has 19 heavy (non-hydrogen) atoms. The summed E-state index contributed by atoms with van der Waals surface area (Å²) in [6.45, 7) is 0.543. The zero-order valence-corrected chi connectivity index (χ0v) is 11.2. The number of hydrogen-bond donors (Lipinski definition) is 1. The summed E-state index contributed by atoms with van der Waals surface area (Å²) in [4.78, 5) is 0. The van der Waals surface area contributed by atoms with Crippen molar-refractivity contribution < 1.29 is 9.13 Å². The summed E-state index contributed by atoms with van der Waals surface area (Å²) >= 11 is 0. The van der Waals surface area contributed by atoms with Gasteiger partial charge in [-0.1, -0.05) is 42.5 Å². The molecule has 0 amide bonds. The molecule has 0 fully saturated rings. The Kier molecular flexibility index (Phi) is 4.51. The fraction of sp³-hybridized carbons (Fsp3) is 0.375. The van der Waals surface area contributed by atoms with Crippen LogP contribution in [0.25, 0.3) is 10.8 Å². The van der Waals surface area contributed by atoms with Crippen LogP contribution in [0.2, 0.25) is 0 Å². The van der Waals surface area contributed by atoms with Gasteiger partial charge in [0.2, 0.25) is 0 Å². The third kappa shape index (κ3) is 2.94. The molecular weight excluding hydrogens is 241 g/mol. The molecule has 0 aliphatic carbocycles. The first kappa shape index (κ1) is 14.0. The number of fused-ring (bicyclic) bond motifs is 1. The van der Waals surface area contributed by atoms with E-state index in [4.69, 9.17) is 10.5 Å². The molecule has 0 aromatic heterocycles. The first-order valence-corrected chi connectivity index (χ1v) is 6.57. The fourth-order valence-corrected chi connectivity index (χ4v) is 2.51. The predicted molar refractivity (Wildman–Crippen MR) is 76.9 cm³/mol. The number of hydrogen-bond acceptors (Lipinski definition) is 2. The van der Waals surface area contributed by atoms with Crippen molar-refractivity contribution in [3.63, 3.8) is 0 Å². The van der Waals surface area contributed by atoms with E-state index in [1.165, 1.54) is 7.11 Å². The van der Waals surface area contributed by atoms with Gasteiger partial charge in [-0.3, -0.25) is 0 Å². The molecule has 3 heteroatoms. The van der Waals surface area contributed by atoms with Crippen LogP contribution in [0.15, 0.2) is 42.5 Å². The highest BCUT2D eigenvalue weighted by molar-refractivity contribution is 5.86. The van der Waals surface area contributed by atoms with Crippen LogP contribution in [0, 0.1) is 0 Å². The van der Waals surface area contributed by atoms with Gasteiger partial charge in [-0.2, -0.15) is 0 Å². The molecule has 0 aliphatic rings. The van der Waals surface area contributed by atoms with Crippen molar-refractivity contribution in [3.05, 3.63) is 48.0 Å². The molecule has 0 radical (unpaired) electrons. The van der Waals surface area contributed by atoms with Crippen LogP contribution in [0.4, 0.5) is 4.39 Å². The number of alkyl halides is 1. The maximum atomic E-state index is 15.3. The van der Waals surface area contributed by atoms with Crippen LogP contribution < -0.4 is 5.73 Å². The Morgan fingerprint density at radius 1 is 1.16 bits per heavy atom. The van der Waals surface area contributed by atoms with E-state index < -0.39 is 5.67 Å². The number of ether oxygens (including phenoxy) is 1. The van der Waals surface area contributed by atoms with Gasteiger partial charge in [0.05, 0.1) is 6.61 Å². The van der Waals surface area contributed by atoms with E-state index in [1.807, 2.05) is 42.5 Å². The van der Waals surface area contributed by atoms with Crippen LogP contribution in [0.3, 0.4) is 0 Å². The zero-order valence-electron chi connectivity index (χ0n) is 11.2. The average Bonchev–Trinajstić information content (AvgIpc) is 2.45. The van der Waals surface area contributed by atoms with Gasteiger partial charge in [0.1, 0.15) is 0 Å². The van der Waals surface area contributed by atoms with Crippen molar-refractivity contribution in [1.29, 1.82) is 0 Å². The van der Waals surface area contributed by atoms with E-state index in [9.17, 15) is 0 Å². The van der Waals surface area contributed by atoms with Crippen LogP contribution >= 0.6 is 0 Å². The van der Waals surface area contributed by atoms with Gasteiger partial charge < -0.3 is 10.5 Å². The van der Waals surface area contributed by atoms with E-state index in [0.29, 0.717) is 24.9 Å². The summed E-state index contributed by atoms with van der Waals surface area (Å²) in [5, 5.41) is 1.99. The minimum Gasteiger partial charge on any atom is -0.381 e. The summed E-state index contributed by atoms with van der Waals surface area (Å²) < 4.78 is 20.4. The lowest BCUT2D eigenvalue weighted by atomic mass is 9.88. The lowest BCUT2D eigenvalue weighted by Crippen LogP contribution is -2.27. The molecule has 2 nitrogen and oxygen atoms in total. The molecule has 0 saturated carbocycles. The van der Waals surface area contributed by atoms with E-state index >= 15 is 4.39 Å². The third-order valence-corrected chi connectivity index (χ3v) is 3.42. The number of rotatable bonds is 6. The summed E-state index contributed by atoms with van der Waals surface area (Å²) in [6.07, 6.45) is 1.02. The van der Waals surface area contributed by atoms with Gasteiger partial charge in [0, 0.05) is 7.11 Å². The number of benzene rings is 2. The van der Waals surface area contributed by atoms with Crippen molar-refractivity contribution >= 4 is 10.8 Å². The minimum atomic E-state index is -1.48. The highest BCUT2D eigenvalue weighted by Crippen LogP contribution is 2.36. The van der Waals surface area contributed by atoms with Crippen molar-refractivity contribution in [1.82, 2.24) is 0 Å². The molecule has 0 heterocycles. The summed E-state index contributed by atoms with van der Waals surface area (Å²) in [6, 6.07) is 13.6. The second-order valence-corrected chi connectivity index (χ2v) is 4.82. The molecule has 0 saturated heterocycles. The fourth-order valence-electron chi connectivity index (χ4n) is 2.51. The van der Waals surface area contributed by atoms with Crippen LogP contribution in [-0.2, 0) is 10.4 Å². The lowest BCUT2D eigenvalue weighted by molar-refractivity contribution is 0.0315. The normalized spacial score (nSPS) is 14.5. The summed E-state index contributed by atoms with van der Waals surface area (Å²) in [5.74, 6) is 0. The Balaban J connectivity index is 2.49. The highest BCUT2D eigenvalue weighted by Gasteiger charge is 2.32. The van der Waals surface area contributed by atoms with Crippen molar-refractivity contribution in [3.8, 4) is 0 Å². The molecule has 102 valence electrons. The van der Waals surface area contributed by atoms with E-state index in [-0.39, 0.29) is 6.61 Å². The standard InChI is InChI=1S/C16H20FNO/c1-19-12-16(17,10-5-11-18)15-9-4-7-13-6-2-3-8-14(13)15/h2-4,6-9H,5,10-12,18H2,1H3. The summed E-state index contributed by atoms with van der Waals surface area (Å²) in [5.41, 5.74) is 4.73. The van der Waals surface area contributed by atoms with Crippen LogP contribution in [-0.4, -0.2) is 20.3 Å². The number of methoxy groups -OCH3 is 1. The van der Waals surface area contributed by atoms with Gasteiger partial charge in [0.25, 0.3) is 0 Å². The lowest BCUT2D eigenvalue weighted by Gasteiger charge is -2.26. The topological polar surface area (TPSA) is 35.2 Å². The smallest absolute Gasteiger partial charge is 0.159 e. The van der Waals surface area contributed by atoms with E-state index in [2.05, 4.69) is 0 Å². The number of nitrogens with two attached hydrogens (primary N) is 1. The third-order valence-electron chi connectivity index (χ3n) is 3.42. The summed E-state index contributed by atoms with van der Waals surface area (Å²) in [7, 11) is 1.53. The zero-order chi connectivity index (χ0) is 13.7. The Labute approximate surface area is 113 Å². The molecule has 2 rings (SSSR count). The van der Waals surface area contributed by atoms with Crippen LogP contribution in [0.1, 0.15) is 18.4 Å². The van der Waals surface area contributed by atoms with Crippen LogP contribution in [0.5, 0.6) is 0 Å². The highest BCUT2D eigenvalue weighted by atomic mass is 19.1. The largest absolute Gasteiger partial charge is 0.381 e. The average molecular weight is 261 g/mol. The maximum Gasteiger partial charge on any atom is 0.159 e. The van der Waals surface area contributed by atoms with E-state index in [1.54, 1.807) is 0 Å². The van der Waals surface area contributed by atoms with Gasteiger partial charge in [-0.05, 0) is 35.7 Å². The van der Waals surface area contributed by atoms with Gasteiger partial charge >= 0.3 is 0 Å². The van der Waals surface area contributed by atoms with Gasteiger partial charge in [-0.15, -0.1) is 0 Å². The first-order chi connectivity index (χ1) is 9.21. The predicted octanol–water partition coefficient (Wildman–Crippen LogP) is 3.39. The molecule has 2 aromatic carbocycles. The SMILES string of the molecule is COCC(F)(CCCN)c1cccc2ccccc12. The molecular formula is C16H20FNO. The maximum absolute atomic E-state index is 15.3. The van der Waals surface area contributed by atoms with E-state index in [0.717, 1.165) is 10.8 Å². The van der Waals surface area contributed by atoms with Crippen molar-refractivity contribution in [2.24, 2.45) is 5.73 Å². The molecule has 2 aromatic rings. The molecule has 2 N–H and O–H groups in total. The van der Waals surface area contributed by atoms with Crippen molar-refractivity contribution in [2.75, 3.05) is 20.3 Å². The van der Waals surface area contributed by atoms with Crippen molar-refractivity contribution in [2.45, 2.75) is 18.5 Å². The molecule has 1 atom stereocenters. The monoisotopic (exact) mass is 261 g/mol. The van der Waals surface area contributed by atoms with Gasteiger partial charge in [-0.25, -0.2) is 4.39 Å². The molecule has 0 spiro atoms. The second-order valence-electron chi connectivity index (χ2n) is 4.82.